The molecule has 0 unspecified atom stereocenters. The molecular weight excluding hydrogens is 222 g/mol. The van der Waals surface area contributed by atoms with Crippen molar-refractivity contribution in [1.29, 1.82) is 0 Å². The van der Waals surface area contributed by atoms with E-state index in [1.165, 1.54) is 18.2 Å². The zero-order valence-electron chi connectivity index (χ0n) is 9.34. The van der Waals surface area contributed by atoms with Gasteiger partial charge in [-0.05, 0) is 13.0 Å². The van der Waals surface area contributed by atoms with Crippen molar-refractivity contribution in [1.82, 2.24) is 0 Å². The molecule has 1 aromatic rings. The lowest BCUT2D eigenvalue weighted by molar-refractivity contribution is -0.384. The lowest BCUT2D eigenvalue weighted by Crippen LogP contribution is -2.15. The third kappa shape index (κ3) is 3.94. The number of nitro groups is 1. The monoisotopic (exact) mass is 235 g/mol. The normalized spacial score (nSPS) is 11.0. The molecule has 1 amide bonds. The number of benzene rings is 1. The summed E-state index contributed by atoms with van der Waals surface area (Å²) in [5, 5.41) is 13.1. The second-order valence-corrected chi connectivity index (χ2v) is 3.40. The molecule has 6 nitrogen and oxygen atoms in total. The zero-order valence-corrected chi connectivity index (χ0v) is 9.34. The molecule has 0 bridgehead atoms. The van der Waals surface area contributed by atoms with Gasteiger partial charge in [0.2, 0.25) is 5.91 Å². The van der Waals surface area contributed by atoms with Crippen LogP contribution >= 0.6 is 0 Å². The number of anilines is 1. The molecule has 0 atom stereocenters. The van der Waals surface area contributed by atoms with Crippen molar-refractivity contribution < 1.29 is 9.72 Å². The summed E-state index contributed by atoms with van der Waals surface area (Å²) < 4.78 is 0. The Labute approximate surface area is 98.3 Å². The van der Waals surface area contributed by atoms with Gasteiger partial charge < -0.3 is 11.1 Å². The number of carbonyl (C=O) groups excluding carboxylic acids is 1. The molecule has 1 rings (SSSR count). The van der Waals surface area contributed by atoms with Gasteiger partial charge in [0.25, 0.3) is 5.69 Å². The van der Waals surface area contributed by atoms with E-state index in [1.807, 2.05) is 0 Å². The number of non-ortho nitro benzene ring substituents is 1. The van der Waals surface area contributed by atoms with Gasteiger partial charge >= 0.3 is 0 Å². The molecule has 0 aliphatic heterocycles. The van der Waals surface area contributed by atoms with Crippen LogP contribution in [0.1, 0.15) is 13.3 Å². The van der Waals surface area contributed by atoms with Crippen LogP contribution in [0, 0.1) is 10.1 Å². The Kier molecular flexibility index (Phi) is 4.21. The van der Waals surface area contributed by atoms with E-state index in [2.05, 4.69) is 5.32 Å². The molecule has 0 radical (unpaired) electrons. The van der Waals surface area contributed by atoms with Gasteiger partial charge in [-0.3, -0.25) is 14.9 Å². The van der Waals surface area contributed by atoms with Gasteiger partial charge in [-0.15, -0.1) is 0 Å². The number of nitrogens with one attached hydrogen (secondary N) is 1. The van der Waals surface area contributed by atoms with Crippen LogP contribution in [0.2, 0.25) is 0 Å². The minimum Gasteiger partial charge on any atom is -0.402 e. The standard InChI is InChI=1S/C11H13N3O3/c1-2-8(12)6-11(15)13-9-4-3-5-10(7-9)14(16)17/h2-5,7H,6,12H2,1H3,(H,13,15). The van der Waals surface area contributed by atoms with Crippen molar-refractivity contribution in [2.75, 3.05) is 5.32 Å². The average molecular weight is 235 g/mol. The quantitative estimate of drug-likeness (QED) is 0.613. The molecule has 0 saturated carbocycles. The fraction of sp³-hybridized carbons (Fsp3) is 0.182. The number of nitro benzene ring substituents is 1. The van der Waals surface area contributed by atoms with Crippen LogP contribution in [-0.4, -0.2) is 10.8 Å². The van der Waals surface area contributed by atoms with Gasteiger partial charge in [-0.25, -0.2) is 0 Å². The maximum absolute atomic E-state index is 11.5. The fourth-order valence-corrected chi connectivity index (χ4v) is 1.19. The highest BCUT2D eigenvalue weighted by atomic mass is 16.6. The van der Waals surface area contributed by atoms with Crippen molar-refractivity contribution in [3.8, 4) is 0 Å². The summed E-state index contributed by atoms with van der Waals surface area (Å²) in [6.45, 7) is 1.73. The van der Waals surface area contributed by atoms with Gasteiger partial charge in [0.05, 0.1) is 11.3 Å². The highest BCUT2D eigenvalue weighted by Gasteiger charge is 2.08. The number of nitrogens with zero attached hydrogens (tertiary/aromatic N) is 1. The molecule has 0 fully saturated rings. The summed E-state index contributed by atoms with van der Waals surface area (Å²) in [5.74, 6) is -0.305. The topological polar surface area (TPSA) is 98.3 Å². The second kappa shape index (κ2) is 5.64. The Bertz CT molecular complexity index is 469. The number of hydrogen-bond acceptors (Lipinski definition) is 4. The maximum atomic E-state index is 11.5. The van der Waals surface area contributed by atoms with E-state index in [0.717, 1.165) is 0 Å². The largest absolute Gasteiger partial charge is 0.402 e. The van der Waals surface area contributed by atoms with E-state index >= 15 is 0 Å². The number of rotatable bonds is 4. The minimum atomic E-state index is -0.518. The molecule has 0 aromatic heterocycles. The average Bonchev–Trinajstić information content (AvgIpc) is 2.28. The van der Waals surface area contributed by atoms with Crippen molar-refractivity contribution in [2.45, 2.75) is 13.3 Å². The summed E-state index contributed by atoms with van der Waals surface area (Å²) in [6, 6.07) is 5.74. The second-order valence-electron chi connectivity index (χ2n) is 3.40. The first kappa shape index (κ1) is 12.7. The van der Waals surface area contributed by atoms with Gasteiger partial charge in [0, 0.05) is 23.5 Å². The summed E-state index contributed by atoms with van der Waals surface area (Å²) in [4.78, 5) is 21.5. The molecule has 0 aliphatic carbocycles. The van der Waals surface area contributed by atoms with Gasteiger partial charge in [0.1, 0.15) is 0 Å². The first-order chi connectivity index (χ1) is 8.02. The van der Waals surface area contributed by atoms with Gasteiger partial charge in [-0.1, -0.05) is 12.1 Å². The lowest BCUT2D eigenvalue weighted by atomic mass is 10.2. The van der Waals surface area contributed by atoms with Crippen LogP contribution in [-0.2, 0) is 4.79 Å². The number of carbonyl (C=O) groups is 1. The molecule has 0 heterocycles. The number of hydrogen-bond donors (Lipinski definition) is 2. The molecule has 90 valence electrons. The highest BCUT2D eigenvalue weighted by Crippen LogP contribution is 2.17. The van der Waals surface area contributed by atoms with Gasteiger partial charge in [-0.2, -0.15) is 0 Å². The first-order valence-corrected chi connectivity index (χ1v) is 4.98. The van der Waals surface area contributed by atoms with Crippen LogP contribution in [0.4, 0.5) is 11.4 Å². The summed E-state index contributed by atoms with van der Waals surface area (Å²) in [5.41, 5.74) is 6.26. The molecule has 0 aliphatic rings. The number of amides is 1. The Morgan fingerprint density at radius 1 is 1.59 bits per heavy atom. The lowest BCUT2D eigenvalue weighted by Gasteiger charge is -2.04. The SMILES string of the molecule is CC=C(N)CC(=O)Nc1cccc([N+](=O)[O-])c1. The molecule has 17 heavy (non-hydrogen) atoms. The predicted octanol–water partition coefficient (Wildman–Crippen LogP) is 1.79. The zero-order chi connectivity index (χ0) is 12.8. The van der Waals surface area contributed by atoms with Gasteiger partial charge in [0.15, 0.2) is 0 Å². The smallest absolute Gasteiger partial charge is 0.271 e. The van der Waals surface area contributed by atoms with E-state index in [9.17, 15) is 14.9 Å². The summed E-state index contributed by atoms with van der Waals surface area (Å²) in [7, 11) is 0. The van der Waals surface area contributed by atoms with Crippen molar-refractivity contribution in [3.63, 3.8) is 0 Å². The molecule has 6 heteroatoms. The van der Waals surface area contributed by atoms with Crippen LogP contribution in [0.3, 0.4) is 0 Å². The first-order valence-electron chi connectivity index (χ1n) is 4.98. The maximum Gasteiger partial charge on any atom is 0.271 e. The summed E-state index contributed by atoms with van der Waals surface area (Å²) >= 11 is 0. The highest BCUT2D eigenvalue weighted by molar-refractivity contribution is 5.92. The third-order valence-corrected chi connectivity index (χ3v) is 2.08. The molecule has 3 N–H and O–H groups in total. The molecule has 0 spiro atoms. The van der Waals surface area contributed by atoms with Crippen molar-refractivity contribution in [2.24, 2.45) is 5.73 Å². The van der Waals surface area contributed by atoms with E-state index in [-0.39, 0.29) is 18.0 Å². The van der Waals surface area contributed by atoms with E-state index < -0.39 is 4.92 Å². The predicted molar refractivity (Wildman–Crippen MR) is 64.3 cm³/mol. The Hall–Kier alpha value is -2.37. The van der Waals surface area contributed by atoms with Crippen LogP contribution in [0.25, 0.3) is 0 Å². The Balaban J connectivity index is 2.72. The Morgan fingerprint density at radius 2 is 2.29 bits per heavy atom. The van der Waals surface area contributed by atoms with E-state index in [1.54, 1.807) is 19.1 Å². The Morgan fingerprint density at radius 3 is 2.88 bits per heavy atom. The third-order valence-electron chi connectivity index (χ3n) is 2.08. The van der Waals surface area contributed by atoms with E-state index in [0.29, 0.717) is 11.4 Å². The molecule has 0 saturated heterocycles. The van der Waals surface area contributed by atoms with E-state index in [4.69, 9.17) is 5.73 Å². The van der Waals surface area contributed by atoms with Crippen molar-refractivity contribution >= 4 is 17.3 Å². The fourth-order valence-electron chi connectivity index (χ4n) is 1.19. The minimum absolute atomic E-state index is 0.0678. The number of allylic oxidation sites excluding steroid dienone is 1. The van der Waals surface area contributed by atoms with Crippen molar-refractivity contribution in [3.05, 3.63) is 46.2 Å². The molecule has 1 aromatic carbocycles. The van der Waals surface area contributed by atoms with Crippen LogP contribution in [0.5, 0.6) is 0 Å². The summed E-state index contributed by atoms with van der Waals surface area (Å²) in [6.07, 6.45) is 1.70. The van der Waals surface area contributed by atoms with Crippen LogP contribution in [0.15, 0.2) is 36.0 Å². The van der Waals surface area contributed by atoms with Crippen LogP contribution < -0.4 is 11.1 Å². The molecular formula is C11H13N3O3. The number of nitrogens with two attached hydrogens (primary N) is 1.